The molecule has 1 fully saturated rings. The van der Waals surface area contributed by atoms with Gasteiger partial charge >= 0.3 is 6.09 Å². The number of nitriles is 1. The van der Waals surface area contributed by atoms with Crippen LogP contribution in [0.15, 0.2) is 35.3 Å². The lowest BCUT2D eigenvalue weighted by Gasteiger charge is -2.33. The molecule has 0 bridgehead atoms. The van der Waals surface area contributed by atoms with Crippen LogP contribution in [-0.2, 0) is 14.3 Å². The Morgan fingerprint density at radius 2 is 1.82 bits per heavy atom. The highest BCUT2D eigenvalue weighted by molar-refractivity contribution is 6.07. The van der Waals surface area contributed by atoms with Crippen LogP contribution < -0.4 is 10.6 Å². The molecular formula is C26H38N4O4. The van der Waals surface area contributed by atoms with E-state index in [1.807, 2.05) is 30.3 Å². The predicted octanol–water partition coefficient (Wildman–Crippen LogP) is 4.20. The van der Waals surface area contributed by atoms with Gasteiger partial charge in [-0.25, -0.2) is 4.79 Å². The number of hydrogen-bond acceptors (Lipinski definition) is 6. The van der Waals surface area contributed by atoms with Crippen LogP contribution in [0.25, 0.3) is 0 Å². The fourth-order valence-corrected chi connectivity index (χ4v) is 3.77. The molecule has 0 heterocycles. The second-order valence-corrected chi connectivity index (χ2v) is 9.85. The van der Waals surface area contributed by atoms with Crippen molar-refractivity contribution in [1.82, 2.24) is 10.6 Å². The number of amidine groups is 1. The van der Waals surface area contributed by atoms with Crippen LogP contribution in [0.4, 0.5) is 4.79 Å². The molecule has 186 valence electrons. The summed E-state index contributed by atoms with van der Waals surface area (Å²) in [5.41, 5.74) is -0.407. The lowest BCUT2D eigenvalue weighted by molar-refractivity contribution is -0.124. The minimum atomic E-state index is -0.855. The van der Waals surface area contributed by atoms with E-state index in [0.717, 1.165) is 12.8 Å². The van der Waals surface area contributed by atoms with Gasteiger partial charge in [0.05, 0.1) is 12.7 Å². The Morgan fingerprint density at radius 1 is 1.18 bits per heavy atom. The minimum Gasteiger partial charge on any atom is -0.447 e. The quantitative estimate of drug-likeness (QED) is 0.302. The van der Waals surface area contributed by atoms with Gasteiger partial charge in [0.25, 0.3) is 0 Å². The van der Waals surface area contributed by atoms with Gasteiger partial charge in [-0.15, -0.1) is 0 Å². The first kappa shape index (κ1) is 27.3. The molecule has 1 aromatic carbocycles. The summed E-state index contributed by atoms with van der Waals surface area (Å²) in [7, 11) is 1.52. The molecule has 1 atom stereocenters. The summed E-state index contributed by atoms with van der Waals surface area (Å²) < 4.78 is 10.1. The van der Waals surface area contributed by atoms with Crippen molar-refractivity contribution in [3.8, 4) is 6.07 Å². The average molecular weight is 471 g/mol. The number of hydrogen-bond donors (Lipinski definition) is 2. The standard InChI is InChI=1S/C26H38N4O4/c1-19(2)25(3,4)17-21(23(31)30-26(18-27)13-9-10-14-26)28-22(20-11-7-6-8-12-20)29-24(32)34-16-15-33-5/h6-8,11-12,19,21H,9-10,13-17H2,1-5H3,(H,30,31)(H,28,29,32). The van der Waals surface area contributed by atoms with Gasteiger partial charge in [-0.2, -0.15) is 5.26 Å². The molecule has 34 heavy (non-hydrogen) atoms. The number of nitrogens with zero attached hydrogens (tertiary/aromatic N) is 2. The summed E-state index contributed by atoms with van der Waals surface area (Å²) in [5, 5.41) is 15.5. The van der Waals surface area contributed by atoms with E-state index in [1.165, 1.54) is 7.11 Å². The molecule has 8 nitrogen and oxygen atoms in total. The molecule has 1 aliphatic rings. The molecular weight excluding hydrogens is 432 g/mol. The molecule has 2 rings (SSSR count). The number of alkyl carbamates (subject to hydrolysis) is 1. The Kier molecular flexibility index (Phi) is 10.1. The van der Waals surface area contributed by atoms with E-state index in [2.05, 4.69) is 44.4 Å². The highest BCUT2D eigenvalue weighted by atomic mass is 16.6. The van der Waals surface area contributed by atoms with Crippen molar-refractivity contribution in [2.24, 2.45) is 16.3 Å². The third-order valence-electron chi connectivity index (χ3n) is 6.69. The lowest BCUT2D eigenvalue weighted by atomic mass is 9.76. The van der Waals surface area contributed by atoms with E-state index in [1.54, 1.807) is 0 Å². The zero-order valence-corrected chi connectivity index (χ0v) is 21.0. The van der Waals surface area contributed by atoms with Gasteiger partial charge in [-0.3, -0.25) is 15.1 Å². The largest absolute Gasteiger partial charge is 0.447 e. The summed E-state index contributed by atoms with van der Waals surface area (Å²) >= 11 is 0. The maximum absolute atomic E-state index is 13.5. The number of benzene rings is 1. The number of aliphatic imine (C=N–C) groups is 1. The van der Waals surface area contributed by atoms with Crippen LogP contribution in [0.3, 0.4) is 0 Å². The van der Waals surface area contributed by atoms with Gasteiger partial charge in [-0.05, 0) is 43.4 Å². The molecule has 8 heteroatoms. The van der Waals surface area contributed by atoms with Crippen molar-refractivity contribution in [2.75, 3.05) is 20.3 Å². The van der Waals surface area contributed by atoms with Crippen molar-refractivity contribution in [2.45, 2.75) is 71.4 Å². The van der Waals surface area contributed by atoms with Crippen molar-refractivity contribution < 1.29 is 19.1 Å². The first-order valence-electron chi connectivity index (χ1n) is 11.9. The molecule has 0 aromatic heterocycles. The normalized spacial score (nSPS) is 16.6. The Hall–Kier alpha value is -2.92. The number of carbonyl (C=O) groups is 2. The van der Waals surface area contributed by atoms with Crippen molar-refractivity contribution in [3.05, 3.63) is 35.9 Å². The van der Waals surface area contributed by atoms with Crippen LogP contribution in [0.1, 0.15) is 65.4 Å². The summed E-state index contributed by atoms with van der Waals surface area (Å²) in [6.45, 7) is 8.77. The van der Waals surface area contributed by atoms with Crippen LogP contribution in [0, 0.1) is 22.7 Å². The second-order valence-electron chi connectivity index (χ2n) is 9.85. The zero-order chi connectivity index (χ0) is 25.2. The summed E-state index contributed by atoms with van der Waals surface area (Å²) in [4.78, 5) is 30.6. The first-order chi connectivity index (χ1) is 16.1. The van der Waals surface area contributed by atoms with E-state index in [0.29, 0.717) is 30.7 Å². The summed E-state index contributed by atoms with van der Waals surface area (Å²) in [6.07, 6.45) is 2.86. The molecule has 0 aliphatic heterocycles. The Balaban J connectivity index is 2.40. The number of ether oxygens (including phenoxy) is 2. The van der Waals surface area contributed by atoms with Gasteiger partial charge in [0.15, 0.2) is 0 Å². The molecule has 0 spiro atoms. The van der Waals surface area contributed by atoms with Crippen LogP contribution in [-0.4, -0.2) is 49.7 Å². The molecule has 1 saturated carbocycles. The molecule has 1 aliphatic carbocycles. The number of carbonyl (C=O) groups excluding carboxylic acids is 2. The number of rotatable bonds is 10. The van der Waals surface area contributed by atoms with Crippen LogP contribution in [0.2, 0.25) is 0 Å². The maximum Gasteiger partial charge on any atom is 0.412 e. The summed E-state index contributed by atoms with van der Waals surface area (Å²) in [6, 6.07) is 10.7. The Bertz CT molecular complexity index is 884. The number of methoxy groups -OCH3 is 1. The molecule has 2 amide bonds. The molecule has 0 radical (unpaired) electrons. The third-order valence-corrected chi connectivity index (χ3v) is 6.69. The van der Waals surface area contributed by atoms with Crippen LogP contribution >= 0.6 is 0 Å². The van der Waals surface area contributed by atoms with Gasteiger partial charge in [0.1, 0.15) is 24.0 Å². The highest BCUT2D eigenvalue weighted by Crippen LogP contribution is 2.34. The fraction of sp³-hybridized carbons (Fsp3) is 0.615. The van der Waals surface area contributed by atoms with Crippen molar-refractivity contribution in [1.29, 1.82) is 5.26 Å². The second kappa shape index (κ2) is 12.5. The predicted molar refractivity (Wildman–Crippen MR) is 131 cm³/mol. The van der Waals surface area contributed by atoms with Gasteiger partial charge in [0.2, 0.25) is 5.91 Å². The third kappa shape index (κ3) is 7.84. The van der Waals surface area contributed by atoms with E-state index in [9.17, 15) is 14.9 Å². The van der Waals surface area contributed by atoms with Gasteiger partial charge in [-0.1, -0.05) is 58.0 Å². The number of nitrogens with one attached hydrogen (secondary N) is 2. The average Bonchev–Trinajstić information content (AvgIpc) is 3.27. The molecule has 1 unspecified atom stereocenters. The van der Waals surface area contributed by atoms with Crippen molar-refractivity contribution >= 4 is 17.8 Å². The lowest BCUT2D eigenvalue weighted by Crippen LogP contribution is -2.50. The van der Waals surface area contributed by atoms with Gasteiger partial charge < -0.3 is 14.8 Å². The van der Waals surface area contributed by atoms with E-state index < -0.39 is 17.7 Å². The number of amides is 2. The Labute approximate surface area is 203 Å². The molecule has 2 N–H and O–H groups in total. The van der Waals surface area contributed by atoms with Crippen LogP contribution in [0.5, 0.6) is 0 Å². The SMILES string of the molecule is COCCOC(=O)N/C(=N\C(CC(C)(C)C(C)C)C(=O)NC1(C#N)CCCC1)c1ccccc1. The smallest absolute Gasteiger partial charge is 0.412 e. The summed E-state index contributed by atoms with van der Waals surface area (Å²) in [5.74, 6) is 0.238. The molecule has 0 saturated heterocycles. The highest BCUT2D eigenvalue weighted by Gasteiger charge is 2.39. The van der Waals surface area contributed by atoms with E-state index >= 15 is 0 Å². The van der Waals surface area contributed by atoms with Gasteiger partial charge in [0, 0.05) is 12.7 Å². The first-order valence-corrected chi connectivity index (χ1v) is 11.9. The molecule has 1 aromatic rings. The monoisotopic (exact) mass is 470 g/mol. The van der Waals surface area contributed by atoms with Crippen molar-refractivity contribution in [3.63, 3.8) is 0 Å². The topological polar surface area (TPSA) is 113 Å². The Morgan fingerprint density at radius 3 is 2.38 bits per heavy atom. The minimum absolute atomic E-state index is 0.0966. The van der Waals surface area contributed by atoms with E-state index in [4.69, 9.17) is 14.5 Å². The fourth-order valence-electron chi connectivity index (χ4n) is 3.77. The maximum atomic E-state index is 13.5. The zero-order valence-electron chi connectivity index (χ0n) is 21.0. The van der Waals surface area contributed by atoms with E-state index in [-0.39, 0.29) is 30.4 Å².